The molecule has 4 heterocycles. The topological polar surface area (TPSA) is 142 Å². The van der Waals surface area contributed by atoms with E-state index in [4.69, 9.17) is 9.47 Å². The fraction of sp³-hybridized carbons (Fsp3) is 0.393. The highest BCUT2D eigenvalue weighted by molar-refractivity contribution is 6.06. The van der Waals surface area contributed by atoms with Gasteiger partial charge in [0.05, 0.1) is 18.8 Å². The van der Waals surface area contributed by atoms with Crippen LogP contribution >= 0.6 is 0 Å². The summed E-state index contributed by atoms with van der Waals surface area (Å²) in [4.78, 5) is 33.1. The molecular weight excluding hydrogens is 526 g/mol. The number of anilines is 1. The molecule has 0 radical (unpaired) electrons. The summed E-state index contributed by atoms with van der Waals surface area (Å²) in [5, 5.41) is 20.4. The zero-order chi connectivity index (χ0) is 28.9. The van der Waals surface area contributed by atoms with Gasteiger partial charge >= 0.3 is 6.16 Å². The van der Waals surface area contributed by atoms with E-state index in [0.717, 1.165) is 42.6 Å². The second kappa shape index (κ2) is 12.3. The number of nitrogens with zero attached hydrogens (tertiary/aromatic N) is 8. The molecule has 2 atom stereocenters. The van der Waals surface area contributed by atoms with Gasteiger partial charge in [-0.25, -0.2) is 9.78 Å². The number of piperidine rings is 1. The number of hydrogen-bond donors (Lipinski definition) is 1. The lowest BCUT2D eigenvalue weighted by Crippen LogP contribution is -2.49. The maximum Gasteiger partial charge on any atom is 0.510 e. The standard InChI is InChI=1S/C28H33N9O4/c1-5-40-28(39)41-19(3)37-33-25(32-34-37)24-23(17-31-35(24)4)20-10-12-21(13-11-20)27(38)36(22-9-7-14-29-16-22)26-18(2)8-6-15-30-26/h6,8,10-13,15,17,19,22,29H,5,7,9,14,16H2,1-4H3/t19-,22-/m1/s1. The number of aromatic nitrogens is 7. The summed E-state index contributed by atoms with van der Waals surface area (Å²) in [6.45, 7) is 7.14. The summed E-state index contributed by atoms with van der Waals surface area (Å²) in [6, 6.07) is 11.3. The molecular formula is C28H33N9O4. The van der Waals surface area contributed by atoms with Gasteiger partial charge in [0.1, 0.15) is 11.5 Å². The lowest BCUT2D eigenvalue weighted by atomic mass is 10.0. The van der Waals surface area contributed by atoms with Gasteiger partial charge in [-0.3, -0.25) is 14.4 Å². The van der Waals surface area contributed by atoms with Crippen LogP contribution in [-0.4, -0.2) is 72.8 Å². The molecule has 0 unspecified atom stereocenters. The van der Waals surface area contributed by atoms with Crippen LogP contribution in [0.5, 0.6) is 0 Å². The summed E-state index contributed by atoms with van der Waals surface area (Å²) in [5.74, 6) is 0.889. The van der Waals surface area contributed by atoms with Crippen molar-refractivity contribution in [3.8, 4) is 22.6 Å². The van der Waals surface area contributed by atoms with Crippen LogP contribution in [0.3, 0.4) is 0 Å². The summed E-state index contributed by atoms with van der Waals surface area (Å²) in [7, 11) is 1.78. The quantitative estimate of drug-likeness (QED) is 0.319. The number of ether oxygens (including phenoxy) is 2. The Kier molecular flexibility index (Phi) is 8.34. The average molecular weight is 560 g/mol. The first-order valence-corrected chi connectivity index (χ1v) is 13.6. The molecule has 1 saturated heterocycles. The van der Waals surface area contributed by atoms with Crippen molar-refractivity contribution in [2.24, 2.45) is 7.05 Å². The molecule has 0 spiro atoms. The Morgan fingerprint density at radius 1 is 1.22 bits per heavy atom. The summed E-state index contributed by atoms with van der Waals surface area (Å²) >= 11 is 0. The number of carbonyl (C=O) groups excluding carboxylic acids is 2. The van der Waals surface area contributed by atoms with E-state index < -0.39 is 12.4 Å². The lowest BCUT2D eigenvalue weighted by Gasteiger charge is -2.34. The fourth-order valence-corrected chi connectivity index (χ4v) is 4.88. The second-order valence-corrected chi connectivity index (χ2v) is 9.76. The Morgan fingerprint density at radius 3 is 2.73 bits per heavy atom. The molecule has 1 amide bonds. The number of pyridine rings is 1. The van der Waals surface area contributed by atoms with Crippen LogP contribution in [0.25, 0.3) is 22.6 Å². The number of aryl methyl sites for hydroxylation is 2. The van der Waals surface area contributed by atoms with E-state index in [-0.39, 0.29) is 18.6 Å². The first-order chi connectivity index (χ1) is 19.9. The minimum atomic E-state index is -0.817. The average Bonchev–Trinajstić information content (AvgIpc) is 3.62. The van der Waals surface area contributed by atoms with Crippen molar-refractivity contribution in [3.05, 3.63) is 59.9 Å². The highest BCUT2D eigenvalue weighted by Gasteiger charge is 2.30. The van der Waals surface area contributed by atoms with Crippen molar-refractivity contribution in [1.82, 2.24) is 40.3 Å². The number of benzene rings is 1. The molecule has 1 aromatic carbocycles. The third kappa shape index (κ3) is 5.94. The first kappa shape index (κ1) is 27.9. The molecule has 1 fully saturated rings. The van der Waals surface area contributed by atoms with Gasteiger partial charge in [-0.05, 0) is 74.7 Å². The van der Waals surface area contributed by atoms with Gasteiger partial charge in [-0.2, -0.15) is 5.10 Å². The molecule has 0 bridgehead atoms. The van der Waals surface area contributed by atoms with Crippen LogP contribution in [0.15, 0.2) is 48.8 Å². The summed E-state index contributed by atoms with van der Waals surface area (Å²) in [6.07, 6.45) is 3.70. The maximum absolute atomic E-state index is 13.9. The molecule has 0 saturated carbocycles. The molecule has 1 N–H and O–H groups in total. The van der Waals surface area contributed by atoms with Gasteiger partial charge in [-0.1, -0.05) is 18.2 Å². The van der Waals surface area contributed by atoms with Crippen molar-refractivity contribution in [2.45, 2.75) is 45.9 Å². The van der Waals surface area contributed by atoms with Gasteiger partial charge in [0.25, 0.3) is 5.91 Å². The van der Waals surface area contributed by atoms with E-state index in [9.17, 15) is 9.59 Å². The number of hydrogen-bond acceptors (Lipinski definition) is 10. The fourth-order valence-electron chi connectivity index (χ4n) is 4.88. The van der Waals surface area contributed by atoms with Gasteiger partial charge < -0.3 is 14.8 Å². The number of amides is 1. The van der Waals surface area contributed by atoms with Crippen LogP contribution in [-0.2, 0) is 16.5 Å². The third-order valence-corrected chi connectivity index (χ3v) is 6.94. The molecule has 1 aliphatic rings. The molecule has 214 valence electrons. The molecule has 1 aliphatic heterocycles. The van der Waals surface area contributed by atoms with Crippen molar-refractivity contribution in [2.75, 3.05) is 24.6 Å². The lowest BCUT2D eigenvalue weighted by molar-refractivity contribution is -0.00514. The van der Waals surface area contributed by atoms with Gasteiger partial charge in [0.2, 0.25) is 12.1 Å². The van der Waals surface area contributed by atoms with Gasteiger partial charge in [-0.15, -0.1) is 15.0 Å². The van der Waals surface area contributed by atoms with Crippen LogP contribution in [0, 0.1) is 6.92 Å². The predicted molar refractivity (Wildman–Crippen MR) is 150 cm³/mol. The Balaban J connectivity index is 1.40. The normalized spacial score (nSPS) is 15.8. The molecule has 4 aromatic rings. The van der Waals surface area contributed by atoms with Crippen molar-refractivity contribution in [1.29, 1.82) is 0 Å². The van der Waals surface area contributed by atoms with E-state index in [0.29, 0.717) is 22.9 Å². The molecule has 3 aromatic heterocycles. The second-order valence-electron chi connectivity index (χ2n) is 9.76. The monoisotopic (exact) mass is 559 g/mol. The molecule has 5 rings (SSSR count). The van der Waals surface area contributed by atoms with Gasteiger partial charge in [0.15, 0.2) is 0 Å². The zero-order valence-electron chi connectivity index (χ0n) is 23.5. The molecule has 41 heavy (non-hydrogen) atoms. The van der Waals surface area contributed by atoms with E-state index >= 15 is 0 Å². The van der Waals surface area contributed by atoms with Crippen LogP contribution in [0.1, 0.15) is 48.8 Å². The van der Waals surface area contributed by atoms with Gasteiger partial charge in [0, 0.05) is 30.9 Å². The predicted octanol–water partition coefficient (Wildman–Crippen LogP) is 3.53. The Labute approximate surface area is 237 Å². The third-order valence-electron chi connectivity index (χ3n) is 6.94. The highest BCUT2D eigenvalue weighted by Crippen LogP contribution is 2.31. The molecule has 13 heteroatoms. The summed E-state index contributed by atoms with van der Waals surface area (Å²) in [5.41, 5.74) is 3.72. The zero-order valence-corrected chi connectivity index (χ0v) is 23.5. The smallest absolute Gasteiger partial charge is 0.435 e. The van der Waals surface area contributed by atoms with E-state index in [1.807, 2.05) is 48.2 Å². The van der Waals surface area contributed by atoms with E-state index in [1.54, 1.807) is 38.0 Å². The highest BCUT2D eigenvalue weighted by atomic mass is 16.7. The Hall–Kier alpha value is -4.65. The number of tetrazole rings is 1. The Bertz CT molecular complexity index is 1510. The Morgan fingerprint density at radius 2 is 2.02 bits per heavy atom. The molecule has 13 nitrogen and oxygen atoms in total. The minimum Gasteiger partial charge on any atom is -0.435 e. The van der Waals surface area contributed by atoms with Crippen molar-refractivity contribution >= 4 is 17.9 Å². The SMILES string of the molecule is CCOC(=O)O[C@H](C)n1nnc(-c2c(-c3ccc(C(=O)N(c4ncccc4C)[C@@H]4CCCNC4)cc3)cnn2C)n1. The number of rotatable bonds is 8. The van der Waals surface area contributed by atoms with E-state index in [2.05, 4.69) is 30.8 Å². The molecule has 0 aliphatic carbocycles. The van der Waals surface area contributed by atoms with Crippen LogP contribution < -0.4 is 10.2 Å². The minimum absolute atomic E-state index is 0.0124. The van der Waals surface area contributed by atoms with E-state index in [1.165, 1.54) is 4.80 Å². The largest absolute Gasteiger partial charge is 0.510 e. The maximum atomic E-state index is 13.9. The van der Waals surface area contributed by atoms with Crippen LogP contribution in [0.2, 0.25) is 0 Å². The van der Waals surface area contributed by atoms with Crippen molar-refractivity contribution in [3.63, 3.8) is 0 Å². The van der Waals surface area contributed by atoms with Crippen LogP contribution in [0.4, 0.5) is 10.6 Å². The number of carbonyl (C=O) groups is 2. The number of nitrogens with one attached hydrogen (secondary N) is 1. The van der Waals surface area contributed by atoms with Crippen molar-refractivity contribution < 1.29 is 19.1 Å². The summed E-state index contributed by atoms with van der Waals surface area (Å²) < 4.78 is 11.6. The first-order valence-electron chi connectivity index (χ1n) is 13.6.